The highest BCUT2D eigenvalue weighted by molar-refractivity contribution is 6.13. The van der Waals surface area contributed by atoms with Crippen LogP contribution in [0, 0.1) is 0 Å². The molecule has 4 heteroatoms. The summed E-state index contributed by atoms with van der Waals surface area (Å²) in [5.74, 6) is 0.000885. The monoisotopic (exact) mass is 1030 g/mol. The van der Waals surface area contributed by atoms with Crippen LogP contribution in [0.2, 0.25) is 0 Å². The Morgan fingerprint density at radius 2 is 0.630 bits per heavy atom. The predicted molar refractivity (Wildman–Crippen MR) is 326 cm³/mol. The molecule has 5 aliphatic rings. The van der Waals surface area contributed by atoms with E-state index in [1.165, 1.54) is 93.9 Å². The van der Waals surface area contributed by atoms with Crippen LogP contribution in [-0.2, 0) is 15.6 Å². The van der Waals surface area contributed by atoms with Crippen LogP contribution in [0.1, 0.15) is 72.1 Å². The van der Waals surface area contributed by atoms with Crippen molar-refractivity contribution in [3.63, 3.8) is 0 Å². The van der Waals surface area contributed by atoms with Crippen molar-refractivity contribution in [2.24, 2.45) is 0 Å². The number of aromatic nitrogens is 2. The van der Waals surface area contributed by atoms with Crippen LogP contribution in [0.4, 0.5) is 0 Å². The topological polar surface area (TPSA) is 39.5 Å². The minimum atomic E-state index is -0.791. The van der Waals surface area contributed by atoms with Gasteiger partial charge in [-0.2, -0.15) is 0 Å². The van der Waals surface area contributed by atoms with Gasteiger partial charge in [-0.1, -0.05) is 200 Å². The summed E-state index contributed by atoms with van der Waals surface area (Å²) in [6.45, 7) is 0.736. The van der Waals surface area contributed by atoms with Crippen molar-refractivity contribution in [3.05, 3.63) is 322 Å². The molecule has 1 atom stereocenters. The summed E-state index contributed by atoms with van der Waals surface area (Å²) < 4.78 is 10.8. The minimum absolute atomic E-state index is 0.000885. The number of carbonyl (C=O) groups is 1. The number of epoxide rings is 1. The number of hydrogen-bond acceptors (Lipinski definition) is 2. The van der Waals surface area contributed by atoms with Crippen LogP contribution in [0.5, 0.6) is 0 Å². The van der Waals surface area contributed by atoms with Crippen LogP contribution in [0.15, 0.2) is 261 Å². The lowest BCUT2D eigenvalue weighted by molar-refractivity contribution is 0.103. The molecule has 3 heterocycles. The van der Waals surface area contributed by atoms with Crippen LogP contribution in [0.3, 0.4) is 0 Å². The van der Waals surface area contributed by atoms with Crippen LogP contribution >= 0.6 is 0 Å². The fourth-order valence-corrected chi connectivity index (χ4v) is 15.9. The number of nitrogens with zero attached hydrogens (tertiary/aromatic N) is 2. The summed E-state index contributed by atoms with van der Waals surface area (Å²) in [7, 11) is 0. The van der Waals surface area contributed by atoms with Gasteiger partial charge in [-0.3, -0.25) is 4.79 Å². The van der Waals surface area contributed by atoms with Crippen molar-refractivity contribution >= 4 is 49.4 Å². The van der Waals surface area contributed by atoms with E-state index in [2.05, 4.69) is 270 Å². The Balaban J connectivity index is 0.850. The van der Waals surface area contributed by atoms with Gasteiger partial charge in [-0.25, -0.2) is 0 Å². The van der Waals surface area contributed by atoms with Gasteiger partial charge in [-0.05, 0) is 155 Å². The number of para-hydroxylation sites is 4. The van der Waals surface area contributed by atoms with Crippen molar-refractivity contribution in [2.75, 3.05) is 6.61 Å². The van der Waals surface area contributed by atoms with E-state index < -0.39 is 10.8 Å². The Morgan fingerprint density at radius 1 is 0.321 bits per heavy atom. The highest BCUT2D eigenvalue weighted by atomic mass is 16.6. The number of rotatable bonds is 5. The molecule has 0 amide bonds. The first-order valence-electron chi connectivity index (χ1n) is 28.2. The van der Waals surface area contributed by atoms with Crippen LogP contribution in [-0.4, -0.2) is 21.5 Å². The third kappa shape index (κ3) is 5.46. The second-order valence-corrected chi connectivity index (χ2v) is 22.8. The smallest absolute Gasteiger partial charge is 0.193 e. The lowest BCUT2D eigenvalue weighted by Crippen LogP contribution is -2.27. The molecule has 4 nitrogen and oxygen atoms in total. The molecule has 19 rings (SSSR count). The molecular formula is C77H46N2O2. The zero-order valence-corrected chi connectivity index (χ0v) is 43.8. The van der Waals surface area contributed by atoms with Gasteiger partial charge in [0.05, 0.1) is 39.5 Å². The first kappa shape index (κ1) is 43.8. The van der Waals surface area contributed by atoms with Gasteiger partial charge in [0, 0.05) is 44.0 Å². The fraction of sp³-hybridized carbons (Fsp3) is 0.0519. The summed E-state index contributed by atoms with van der Waals surface area (Å²) in [5.41, 5.74) is 27.2. The lowest BCUT2D eigenvalue weighted by Gasteiger charge is -2.31. The molecule has 1 saturated heterocycles. The second kappa shape index (κ2) is 15.6. The molecule has 12 aromatic carbocycles. The zero-order chi connectivity index (χ0) is 52.9. The molecule has 0 bridgehead atoms. The summed E-state index contributed by atoms with van der Waals surface area (Å²) in [6, 6.07) is 96.1. The van der Waals surface area contributed by atoms with E-state index in [-0.39, 0.29) is 11.9 Å². The number of hydrogen-bond donors (Lipinski definition) is 0. The number of carbonyl (C=O) groups excluding carboxylic acids is 1. The van der Waals surface area contributed by atoms with E-state index in [9.17, 15) is 0 Å². The fourth-order valence-electron chi connectivity index (χ4n) is 15.9. The molecule has 0 N–H and O–H groups in total. The standard InChI is InChI=1S/C77H46N2O2/c80-75(46-31-36-55-54-34-29-45(74-44-81-74)39-65(54)76(66(55)40-46)62-22-8-1-15-50(62)51-16-2-9-23-63(51)76)47-30-35-53-52-17-3-10-24-64(52)77(67(53)41-47)68-42-48(78-70-25-11-4-18-58(70)59-19-5-12-26-71(59)78)32-37-56(68)57-38-33-49(43-69(57)77)79-72-27-13-6-20-60(72)61-21-7-14-28-73(61)79/h1-43,74H,44H2. The Kier molecular flexibility index (Phi) is 8.42. The molecular weight excluding hydrogens is 985 g/mol. The first-order valence-corrected chi connectivity index (χ1v) is 28.2. The Bertz CT molecular complexity index is 4860. The average Bonchev–Trinajstić information content (AvgIpc) is 1.77. The van der Waals surface area contributed by atoms with Gasteiger partial charge >= 0.3 is 0 Å². The maximum absolute atomic E-state index is 16.0. The molecule has 1 unspecified atom stereocenters. The van der Waals surface area contributed by atoms with Crippen molar-refractivity contribution in [1.29, 1.82) is 0 Å². The van der Waals surface area contributed by atoms with Gasteiger partial charge in [0.1, 0.15) is 6.10 Å². The summed E-state index contributed by atoms with van der Waals surface area (Å²) in [4.78, 5) is 16.0. The molecule has 2 spiro atoms. The van der Waals surface area contributed by atoms with Crippen molar-refractivity contribution in [3.8, 4) is 55.9 Å². The second-order valence-electron chi connectivity index (χ2n) is 22.8. The highest BCUT2D eigenvalue weighted by Gasteiger charge is 2.54. The summed E-state index contributed by atoms with van der Waals surface area (Å²) in [5, 5.41) is 4.90. The van der Waals surface area contributed by atoms with E-state index >= 15 is 4.79 Å². The van der Waals surface area contributed by atoms with Gasteiger partial charge in [0.2, 0.25) is 0 Å². The predicted octanol–water partition coefficient (Wildman–Crippen LogP) is 17.9. The number of ketones is 1. The van der Waals surface area contributed by atoms with E-state index in [0.717, 1.165) is 62.3 Å². The molecule has 376 valence electrons. The quantitative estimate of drug-likeness (QED) is 0.127. The van der Waals surface area contributed by atoms with Crippen molar-refractivity contribution < 1.29 is 9.53 Å². The lowest BCUT2D eigenvalue weighted by atomic mass is 9.69. The van der Waals surface area contributed by atoms with Crippen molar-refractivity contribution in [2.45, 2.75) is 16.9 Å². The van der Waals surface area contributed by atoms with Crippen LogP contribution in [0.25, 0.3) is 99.5 Å². The molecule has 4 aliphatic carbocycles. The van der Waals surface area contributed by atoms with Gasteiger partial charge in [0.15, 0.2) is 5.78 Å². The molecule has 0 saturated carbocycles. The third-order valence-corrected chi connectivity index (χ3v) is 19.2. The highest BCUT2D eigenvalue weighted by Crippen LogP contribution is 2.65. The van der Waals surface area contributed by atoms with E-state index in [0.29, 0.717) is 11.1 Å². The molecule has 1 aliphatic heterocycles. The normalized spacial score (nSPS) is 15.7. The number of ether oxygens (including phenoxy) is 1. The molecule has 0 radical (unpaired) electrons. The average molecular weight is 1030 g/mol. The number of benzene rings is 12. The summed E-state index contributed by atoms with van der Waals surface area (Å²) in [6.07, 6.45) is 0.105. The van der Waals surface area contributed by atoms with E-state index in [1.807, 2.05) is 0 Å². The zero-order valence-electron chi connectivity index (χ0n) is 43.8. The van der Waals surface area contributed by atoms with E-state index in [4.69, 9.17) is 4.74 Å². The summed E-state index contributed by atoms with van der Waals surface area (Å²) >= 11 is 0. The molecule has 81 heavy (non-hydrogen) atoms. The molecule has 2 aromatic heterocycles. The van der Waals surface area contributed by atoms with Crippen LogP contribution < -0.4 is 0 Å². The molecule has 1 fully saturated rings. The largest absolute Gasteiger partial charge is 0.368 e. The van der Waals surface area contributed by atoms with E-state index in [1.54, 1.807) is 0 Å². The van der Waals surface area contributed by atoms with Crippen molar-refractivity contribution in [1.82, 2.24) is 9.13 Å². The first-order chi connectivity index (χ1) is 40.1. The maximum atomic E-state index is 16.0. The van der Waals surface area contributed by atoms with Gasteiger partial charge < -0.3 is 13.9 Å². The SMILES string of the molecule is O=C(c1ccc2c(c1)C1(c3ccccc3-c3ccccc31)c1cc(C3CO3)ccc1-2)c1ccc2c(c1)C1(c3ccccc3-2)c2cc(-n3c4ccccc4c4ccccc43)ccc2-c2ccc(-n3c4ccccc4c4ccccc43)cc21. The molecule has 14 aromatic rings. The Morgan fingerprint density at radius 3 is 1.04 bits per heavy atom. The maximum Gasteiger partial charge on any atom is 0.193 e. The third-order valence-electron chi connectivity index (χ3n) is 19.2. The van der Waals surface area contributed by atoms with Gasteiger partial charge in [0.25, 0.3) is 0 Å². The number of fused-ring (bicyclic) bond motifs is 26. The Labute approximate surface area is 467 Å². The minimum Gasteiger partial charge on any atom is -0.368 e. The Hall–Kier alpha value is -10.1. The van der Waals surface area contributed by atoms with Gasteiger partial charge in [-0.15, -0.1) is 0 Å².